The molecular weight excluding hydrogens is 249 g/mol. The highest BCUT2D eigenvalue weighted by Crippen LogP contribution is 2.28. The first-order valence-corrected chi connectivity index (χ1v) is 5.13. The molecule has 1 atom stereocenters. The maximum atomic E-state index is 12.1. The molecule has 4 heteroatoms. The Morgan fingerprint density at radius 1 is 1.57 bits per heavy atom. The smallest absolute Gasteiger partial charge is 0.133 e. The van der Waals surface area contributed by atoms with E-state index >= 15 is 0 Å². The van der Waals surface area contributed by atoms with Gasteiger partial charge in [0.1, 0.15) is 5.75 Å². The third-order valence-electron chi connectivity index (χ3n) is 2.02. The molecule has 78 valence electrons. The van der Waals surface area contributed by atoms with E-state index in [1.54, 1.807) is 7.11 Å². The summed E-state index contributed by atoms with van der Waals surface area (Å²) >= 11 is 3.35. The van der Waals surface area contributed by atoms with Gasteiger partial charge in [-0.05, 0) is 40.0 Å². The normalized spacial score (nSPS) is 12.6. The Morgan fingerprint density at radius 2 is 2.29 bits per heavy atom. The van der Waals surface area contributed by atoms with Crippen LogP contribution in [0.25, 0.3) is 0 Å². The molecular formula is C10H13BrFNO. The summed E-state index contributed by atoms with van der Waals surface area (Å²) in [6, 6.07) is 5.28. The number of hydrogen-bond donors (Lipinski definition) is 1. The van der Waals surface area contributed by atoms with Gasteiger partial charge in [-0.25, -0.2) is 0 Å². The summed E-state index contributed by atoms with van der Waals surface area (Å²) in [7, 11) is 1.60. The van der Waals surface area contributed by atoms with Gasteiger partial charge in [-0.15, -0.1) is 0 Å². The Kier molecular flexibility index (Phi) is 4.35. The van der Waals surface area contributed by atoms with Crippen LogP contribution in [0.2, 0.25) is 0 Å². The summed E-state index contributed by atoms with van der Waals surface area (Å²) in [5, 5.41) is 0. The molecule has 2 N–H and O–H groups in total. The minimum atomic E-state index is -0.398. The average molecular weight is 262 g/mol. The number of halogens is 2. The molecule has 2 nitrogen and oxygen atoms in total. The van der Waals surface area contributed by atoms with Crippen molar-refractivity contribution in [2.24, 2.45) is 5.73 Å². The summed E-state index contributed by atoms with van der Waals surface area (Å²) in [4.78, 5) is 0. The zero-order chi connectivity index (χ0) is 10.6. The van der Waals surface area contributed by atoms with E-state index in [4.69, 9.17) is 10.5 Å². The van der Waals surface area contributed by atoms with Crippen molar-refractivity contribution in [3.63, 3.8) is 0 Å². The SMILES string of the molecule is COc1ccc([C@H](N)CCF)cc1Br. The van der Waals surface area contributed by atoms with Crippen LogP contribution < -0.4 is 10.5 Å². The van der Waals surface area contributed by atoms with Crippen molar-refractivity contribution in [3.8, 4) is 5.75 Å². The van der Waals surface area contributed by atoms with Gasteiger partial charge in [-0.2, -0.15) is 0 Å². The van der Waals surface area contributed by atoms with Crippen LogP contribution in [0.1, 0.15) is 18.0 Å². The van der Waals surface area contributed by atoms with Crippen molar-refractivity contribution < 1.29 is 9.13 Å². The first-order chi connectivity index (χ1) is 6.69. The van der Waals surface area contributed by atoms with E-state index in [0.29, 0.717) is 6.42 Å². The molecule has 0 spiro atoms. The van der Waals surface area contributed by atoms with E-state index in [1.165, 1.54) is 0 Å². The van der Waals surface area contributed by atoms with Gasteiger partial charge in [0.05, 0.1) is 18.3 Å². The third kappa shape index (κ3) is 2.69. The van der Waals surface area contributed by atoms with Crippen molar-refractivity contribution in [2.75, 3.05) is 13.8 Å². The minimum absolute atomic E-state index is 0.248. The monoisotopic (exact) mass is 261 g/mol. The molecule has 0 saturated heterocycles. The topological polar surface area (TPSA) is 35.2 Å². The fourth-order valence-corrected chi connectivity index (χ4v) is 1.76. The second kappa shape index (κ2) is 5.32. The van der Waals surface area contributed by atoms with E-state index < -0.39 is 6.67 Å². The Hall–Kier alpha value is -0.610. The number of hydrogen-bond acceptors (Lipinski definition) is 2. The number of alkyl halides is 1. The van der Waals surface area contributed by atoms with E-state index in [0.717, 1.165) is 15.8 Å². The van der Waals surface area contributed by atoms with Gasteiger partial charge in [-0.3, -0.25) is 4.39 Å². The number of nitrogens with two attached hydrogens (primary N) is 1. The zero-order valence-electron chi connectivity index (χ0n) is 7.97. The summed E-state index contributed by atoms with van der Waals surface area (Å²) < 4.78 is 18.0. The number of rotatable bonds is 4. The molecule has 0 fully saturated rings. The van der Waals surface area contributed by atoms with Gasteiger partial charge in [0.15, 0.2) is 0 Å². The van der Waals surface area contributed by atoms with E-state index in [1.807, 2.05) is 18.2 Å². The molecule has 0 aromatic heterocycles. The largest absolute Gasteiger partial charge is 0.496 e. The van der Waals surface area contributed by atoms with Crippen molar-refractivity contribution in [2.45, 2.75) is 12.5 Å². The quantitative estimate of drug-likeness (QED) is 0.905. The lowest BCUT2D eigenvalue weighted by Crippen LogP contribution is -2.10. The van der Waals surface area contributed by atoms with Crippen LogP contribution in [0.5, 0.6) is 5.75 Å². The van der Waals surface area contributed by atoms with Crippen molar-refractivity contribution in [1.82, 2.24) is 0 Å². The fraction of sp³-hybridized carbons (Fsp3) is 0.400. The fourth-order valence-electron chi connectivity index (χ4n) is 1.20. The molecule has 1 rings (SSSR count). The molecule has 0 aliphatic rings. The van der Waals surface area contributed by atoms with Gasteiger partial charge in [-0.1, -0.05) is 6.07 Å². The summed E-state index contributed by atoms with van der Waals surface area (Å²) in [5.41, 5.74) is 6.68. The number of methoxy groups -OCH3 is 1. The van der Waals surface area contributed by atoms with Crippen molar-refractivity contribution in [1.29, 1.82) is 0 Å². The maximum absolute atomic E-state index is 12.1. The van der Waals surface area contributed by atoms with E-state index in [-0.39, 0.29) is 6.04 Å². The molecule has 1 aromatic rings. The highest BCUT2D eigenvalue weighted by molar-refractivity contribution is 9.10. The number of benzene rings is 1. The lowest BCUT2D eigenvalue weighted by molar-refractivity contribution is 0.411. The molecule has 0 aliphatic carbocycles. The molecule has 0 saturated carbocycles. The first kappa shape index (κ1) is 11.5. The maximum Gasteiger partial charge on any atom is 0.133 e. The Labute approximate surface area is 91.4 Å². The van der Waals surface area contributed by atoms with Crippen LogP contribution in [0.3, 0.4) is 0 Å². The van der Waals surface area contributed by atoms with Crippen LogP contribution in [0.4, 0.5) is 4.39 Å². The third-order valence-corrected chi connectivity index (χ3v) is 2.64. The van der Waals surface area contributed by atoms with Crippen LogP contribution in [0, 0.1) is 0 Å². The summed E-state index contributed by atoms with van der Waals surface area (Å²) in [6.07, 6.45) is 0.346. The summed E-state index contributed by atoms with van der Waals surface area (Å²) in [6.45, 7) is -0.398. The Balaban J connectivity index is 2.85. The predicted octanol–water partition coefficient (Wildman–Crippen LogP) is 2.82. The van der Waals surface area contributed by atoms with Gasteiger partial charge >= 0.3 is 0 Å². The highest BCUT2D eigenvalue weighted by atomic mass is 79.9. The van der Waals surface area contributed by atoms with Crippen molar-refractivity contribution in [3.05, 3.63) is 28.2 Å². The molecule has 0 bridgehead atoms. The zero-order valence-corrected chi connectivity index (χ0v) is 9.55. The van der Waals surface area contributed by atoms with Crippen LogP contribution in [-0.2, 0) is 0 Å². The van der Waals surface area contributed by atoms with Crippen LogP contribution in [0.15, 0.2) is 22.7 Å². The van der Waals surface area contributed by atoms with Gasteiger partial charge in [0, 0.05) is 6.04 Å². The highest BCUT2D eigenvalue weighted by Gasteiger charge is 2.08. The molecule has 0 amide bonds. The van der Waals surface area contributed by atoms with E-state index in [9.17, 15) is 4.39 Å². The minimum Gasteiger partial charge on any atom is -0.496 e. The van der Waals surface area contributed by atoms with Crippen LogP contribution in [-0.4, -0.2) is 13.8 Å². The van der Waals surface area contributed by atoms with Gasteiger partial charge in [0.2, 0.25) is 0 Å². The first-order valence-electron chi connectivity index (χ1n) is 4.34. The summed E-state index contributed by atoms with van der Waals surface area (Å²) in [5.74, 6) is 0.751. The lowest BCUT2D eigenvalue weighted by Gasteiger charge is -2.11. The molecule has 14 heavy (non-hydrogen) atoms. The molecule has 0 heterocycles. The van der Waals surface area contributed by atoms with Gasteiger partial charge < -0.3 is 10.5 Å². The Morgan fingerprint density at radius 3 is 2.79 bits per heavy atom. The molecule has 1 aromatic carbocycles. The molecule has 0 aliphatic heterocycles. The average Bonchev–Trinajstić information content (AvgIpc) is 2.18. The predicted molar refractivity (Wildman–Crippen MR) is 58.2 cm³/mol. The number of ether oxygens (including phenoxy) is 1. The Bertz CT molecular complexity index is 306. The second-order valence-electron chi connectivity index (χ2n) is 2.98. The molecule has 0 unspecified atom stereocenters. The van der Waals surface area contributed by atoms with Crippen molar-refractivity contribution >= 4 is 15.9 Å². The van der Waals surface area contributed by atoms with Crippen LogP contribution >= 0.6 is 15.9 Å². The second-order valence-corrected chi connectivity index (χ2v) is 3.83. The standard InChI is InChI=1S/C10H13BrFNO/c1-14-10-3-2-7(6-8(10)11)9(13)4-5-12/h2-3,6,9H,4-5,13H2,1H3/t9-/m1/s1. The molecule has 0 radical (unpaired) electrons. The van der Waals surface area contributed by atoms with E-state index in [2.05, 4.69) is 15.9 Å². The van der Waals surface area contributed by atoms with Gasteiger partial charge in [0.25, 0.3) is 0 Å². The lowest BCUT2D eigenvalue weighted by atomic mass is 10.1.